The number of phenolic OH excluding ortho intramolecular Hbond substituents is 1. The molecule has 1 atom stereocenters. The molecule has 2 amide bonds. The lowest BCUT2D eigenvalue weighted by Crippen LogP contribution is -2.73. The lowest BCUT2D eigenvalue weighted by molar-refractivity contribution is -0.161. The highest BCUT2D eigenvalue weighted by Crippen LogP contribution is 2.35. The molecular formula is C29H39N3O3. The van der Waals surface area contributed by atoms with E-state index in [1.807, 2.05) is 17.0 Å². The largest absolute Gasteiger partial charge is 0.508 e. The van der Waals surface area contributed by atoms with Crippen molar-refractivity contribution in [2.45, 2.75) is 71.0 Å². The highest BCUT2D eigenvalue weighted by atomic mass is 16.3. The molecule has 2 saturated heterocycles. The number of aromatic hydroxyl groups is 1. The summed E-state index contributed by atoms with van der Waals surface area (Å²) in [6, 6.07) is 15.3. The predicted octanol–water partition coefficient (Wildman–Crippen LogP) is 4.57. The molecule has 2 aliphatic rings. The van der Waals surface area contributed by atoms with Gasteiger partial charge in [0.05, 0.1) is 0 Å². The van der Waals surface area contributed by atoms with Gasteiger partial charge in [0, 0.05) is 26.2 Å². The number of likely N-dealkylation sites (tertiary alicyclic amines) is 1. The van der Waals surface area contributed by atoms with E-state index in [0.717, 1.165) is 43.6 Å². The first kappa shape index (κ1) is 25.2. The Labute approximate surface area is 209 Å². The minimum Gasteiger partial charge on any atom is -0.508 e. The standard InChI is InChI=1S/C29H39N3O3/c1-4-5-14-32-27(34)26(17-21(2)3)30-28(35)29(32)12-15-31(16-13-29)20-22-8-6-9-23(18-22)24-10-7-11-25(33)19-24/h6-11,18-19,21,26,33H,4-5,12-17,20H2,1-3H3,(H,30,35)/t26-/m0/s1. The number of amides is 2. The molecule has 6 nitrogen and oxygen atoms in total. The van der Waals surface area contributed by atoms with Gasteiger partial charge in [0.15, 0.2) is 0 Å². The number of nitrogens with zero attached hydrogens (tertiary/aromatic N) is 2. The number of piperidine rings is 1. The summed E-state index contributed by atoms with van der Waals surface area (Å²) >= 11 is 0. The average Bonchev–Trinajstić information content (AvgIpc) is 2.84. The van der Waals surface area contributed by atoms with Crippen LogP contribution in [0.2, 0.25) is 0 Å². The molecule has 0 unspecified atom stereocenters. The fourth-order valence-corrected chi connectivity index (χ4v) is 5.52. The Balaban J connectivity index is 1.46. The Morgan fingerprint density at radius 1 is 1.06 bits per heavy atom. The first-order valence-corrected chi connectivity index (χ1v) is 13.1. The van der Waals surface area contributed by atoms with Crippen LogP contribution in [-0.4, -0.2) is 57.9 Å². The molecule has 2 aromatic carbocycles. The van der Waals surface area contributed by atoms with E-state index in [2.05, 4.69) is 55.3 Å². The molecule has 6 heteroatoms. The van der Waals surface area contributed by atoms with E-state index in [9.17, 15) is 14.7 Å². The van der Waals surface area contributed by atoms with Crippen LogP contribution < -0.4 is 5.32 Å². The number of piperazine rings is 1. The zero-order valence-electron chi connectivity index (χ0n) is 21.3. The van der Waals surface area contributed by atoms with Crippen LogP contribution >= 0.6 is 0 Å². The second-order valence-corrected chi connectivity index (χ2v) is 10.6. The van der Waals surface area contributed by atoms with Gasteiger partial charge >= 0.3 is 0 Å². The Morgan fingerprint density at radius 3 is 2.40 bits per heavy atom. The van der Waals surface area contributed by atoms with E-state index >= 15 is 0 Å². The SMILES string of the molecule is CCCCN1C(=O)[C@H](CC(C)C)NC(=O)C12CCN(Cc1cccc(-c3cccc(O)c3)c1)CC2. The van der Waals surface area contributed by atoms with Crippen LogP contribution in [0.4, 0.5) is 0 Å². The molecule has 2 aromatic rings. The van der Waals surface area contributed by atoms with Crippen molar-refractivity contribution in [3.05, 3.63) is 54.1 Å². The molecule has 2 heterocycles. The molecular weight excluding hydrogens is 438 g/mol. The summed E-state index contributed by atoms with van der Waals surface area (Å²) in [6.45, 7) is 9.30. The van der Waals surface area contributed by atoms with Crippen LogP contribution in [0.1, 0.15) is 58.4 Å². The maximum Gasteiger partial charge on any atom is 0.246 e. The van der Waals surface area contributed by atoms with Crippen molar-refractivity contribution in [2.24, 2.45) is 5.92 Å². The molecule has 0 radical (unpaired) electrons. The van der Waals surface area contributed by atoms with Crippen LogP contribution in [0.5, 0.6) is 5.75 Å². The van der Waals surface area contributed by atoms with Crippen molar-refractivity contribution >= 4 is 11.8 Å². The Hall–Kier alpha value is -2.86. The Bertz CT molecular complexity index is 1040. The van der Waals surface area contributed by atoms with E-state index in [4.69, 9.17) is 0 Å². The number of hydrogen-bond donors (Lipinski definition) is 2. The molecule has 0 bridgehead atoms. The second kappa shape index (κ2) is 10.8. The van der Waals surface area contributed by atoms with Gasteiger partial charge in [-0.2, -0.15) is 0 Å². The highest BCUT2D eigenvalue weighted by molar-refractivity contribution is 6.00. The van der Waals surface area contributed by atoms with Gasteiger partial charge in [-0.15, -0.1) is 0 Å². The molecule has 35 heavy (non-hydrogen) atoms. The van der Waals surface area contributed by atoms with Crippen molar-refractivity contribution in [1.82, 2.24) is 15.1 Å². The third-order valence-electron chi connectivity index (χ3n) is 7.45. The molecule has 1 spiro atoms. The van der Waals surface area contributed by atoms with Crippen LogP contribution in [0.15, 0.2) is 48.5 Å². The number of benzene rings is 2. The maximum absolute atomic E-state index is 13.4. The van der Waals surface area contributed by atoms with Crippen molar-refractivity contribution in [3.63, 3.8) is 0 Å². The topological polar surface area (TPSA) is 72.9 Å². The molecule has 2 fully saturated rings. The summed E-state index contributed by atoms with van der Waals surface area (Å²) < 4.78 is 0. The van der Waals surface area contributed by atoms with Gasteiger partial charge in [0.2, 0.25) is 11.8 Å². The van der Waals surface area contributed by atoms with Crippen molar-refractivity contribution < 1.29 is 14.7 Å². The minimum absolute atomic E-state index is 0.0318. The lowest BCUT2D eigenvalue weighted by atomic mass is 9.80. The molecule has 0 aliphatic carbocycles. The lowest BCUT2D eigenvalue weighted by Gasteiger charge is -2.52. The summed E-state index contributed by atoms with van der Waals surface area (Å²) in [5, 5.41) is 12.9. The summed E-state index contributed by atoms with van der Waals surface area (Å²) in [4.78, 5) is 31.2. The number of phenols is 1. The monoisotopic (exact) mass is 477 g/mol. The zero-order chi connectivity index (χ0) is 25.0. The Morgan fingerprint density at radius 2 is 1.74 bits per heavy atom. The normalized spacial score (nSPS) is 20.5. The van der Waals surface area contributed by atoms with E-state index in [-0.39, 0.29) is 17.6 Å². The van der Waals surface area contributed by atoms with Gasteiger partial charge in [0.1, 0.15) is 17.3 Å². The summed E-state index contributed by atoms with van der Waals surface area (Å²) in [7, 11) is 0. The van der Waals surface area contributed by atoms with Crippen molar-refractivity contribution in [3.8, 4) is 16.9 Å². The quantitative estimate of drug-likeness (QED) is 0.584. The van der Waals surface area contributed by atoms with Gasteiger partial charge in [-0.05, 0) is 66.5 Å². The summed E-state index contributed by atoms with van der Waals surface area (Å²) in [5.41, 5.74) is 2.54. The van der Waals surface area contributed by atoms with Crippen LogP contribution in [0.25, 0.3) is 11.1 Å². The van der Waals surface area contributed by atoms with Crippen LogP contribution in [0.3, 0.4) is 0 Å². The molecule has 0 saturated carbocycles. The average molecular weight is 478 g/mol. The van der Waals surface area contributed by atoms with E-state index in [1.54, 1.807) is 12.1 Å². The van der Waals surface area contributed by atoms with E-state index in [0.29, 0.717) is 31.7 Å². The zero-order valence-corrected chi connectivity index (χ0v) is 21.3. The highest BCUT2D eigenvalue weighted by Gasteiger charge is 2.53. The molecule has 188 valence electrons. The minimum atomic E-state index is -0.723. The third-order valence-corrected chi connectivity index (χ3v) is 7.45. The number of carbonyl (C=O) groups is 2. The predicted molar refractivity (Wildman–Crippen MR) is 139 cm³/mol. The van der Waals surface area contributed by atoms with Gasteiger partial charge in [-0.1, -0.05) is 57.5 Å². The summed E-state index contributed by atoms with van der Waals surface area (Å²) in [5.74, 6) is 0.741. The fraction of sp³-hybridized carbons (Fsp3) is 0.517. The number of rotatable bonds is 8. The maximum atomic E-state index is 13.4. The molecule has 4 rings (SSSR count). The smallest absolute Gasteiger partial charge is 0.246 e. The van der Waals surface area contributed by atoms with Crippen molar-refractivity contribution in [2.75, 3.05) is 19.6 Å². The van der Waals surface area contributed by atoms with Gasteiger partial charge < -0.3 is 15.3 Å². The van der Waals surface area contributed by atoms with Crippen LogP contribution in [-0.2, 0) is 16.1 Å². The van der Waals surface area contributed by atoms with Gasteiger partial charge in [-0.25, -0.2) is 0 Å². The number of unbranched alkanes of at least 4 members (excludes halogenated alkanes) is 1. The molecule has 2 aliphatic heterocycles. The molecule has 2 N–H and O–H groups in total. The van der Waals surface area contributed by atoms with Crippen molar-refractivity contribution in [1.29, 1.82) is 0 Å². The van der Waals surface area contributed by atoms with Gasteiger partial charge in [-0.3, -0.25) is 14.5 Å². The number of hydrogen-bond acceptors (Lipinski definition) is 4. The van der Waals surface area contributed by atoms with E-state index in [1.165, 1.54) is 5.56 Å². The summed E-state index contributed by atoms with van der Waals surface area (Å²) in [6.07, 6.45) is 3.92. The van der Waals surface area contributed by atoms with E-state index < -0.39 is 11.6 Å². The van der Waals surface area contributed by atoms with Crippen LogP contribution in [0, 0.1) is 5.92 Å². The second-order valence-electron chi connectivity index (χ2n) is 10.6. The number of nitrogens with one attached hydrogen (secondary N) is 1. The number of carbonyl (C=O) groups excluding carboxylic acids is 2. The Kier molecular flexibility index (Phi) is 7.80. The third kappa shape index (κ3) is 5.53. The first-order valence-electron chi connectivity index (χ1n) is 13.1. The van der Waals surface area contributed by atoms with Gasteiger partial charge in [0.25, 0.3) is 0 Å². The first-order chi connectivity index (χ1) is 16.8. The fourth-order valence-electron chi connectivity index (χ4n) is 5.52. The molecule has 0 aromatic heterocycles.